The van der Waals surface area contributed by atoms with Gasteiger partial charge >= 0.3 is 0 Å². The lowest BCUT2D eigenvalue weighted by molar-refractivity contribution is -0.134. The number of carbonyl (C=O) groups is 1. The summed E-state index contributed by atoms with van der Waals surface area (Å²) in [5.74, 6) is 0.202. The van der Waals surface area contributed by atoms with Crippen LogP contribution in [0.4, 0.5) is 0 Å². The van der Waals surface area contributed by atoms with E-state index in [1.165, 1.54) is 0 Å². The molecule has 0 bridgehead atoms. The fourth-order valence-electron chi connectivity index (χ4n) is 3.13. The summed E-state index contributed by atoms with van der Waals surface area (Å²) in [5.41, 5.74) is 2.19. The molecule has 22 heavy (non-hydrogen) atoms. The van der Waals surface area contributed by atoms with Gasteiger partial charge < -0.3 is 4.90 Å². The lowest BCUT2D eigenvalue weighted by atomic mass is 9.98. The Hall–Kier alpha value is -1.62. The second kappa shape index (κ2) is 6.65. The van der Waals surface area contributed by atoms with Gasteiger partial charge in [0.05, 0.1) is 18.2 Å². The fraction of sp³-hybridized carbons (Fsp3) is 0.412. The van der Waals surface area contributed by atoms with Crippen molar-refractivity contribution in [3.05, 3.63) is 52.3 Å². The summed E-state index contributed by atoms with van der Waals surface area (Å²) in [6.07, 6.45) is 5.53. The third kappa shape index (κ3) is 3.24. The third-order valence-electron chi connectivity index (χ3n) is 4.29. The second-order valence-corrected chi connectivity index (χ2v) is 6.70. The molecule has 1 aromatic carbocycles. The monoisotopic (exact) mass is 361 g/mol. The van der Waals surface area contributed by atoms with E-state index < -0.39 is 0 Å². The fourth-order valence-corrected chi connectivity index (χ4v) is 3.39. The van der Waals surface area contributed by atoms with Crippen LogP contribution in [0.3, 0.4) is 0 Å². The molecule has 2 heterocycles. The minimum absolute atomic E-state index is 0.157. The number of amides is 1. The summed E-state index contributed by atoms with van der Waals surface area (Å²) in [6.45, 7) is 0.839. The number of benzene rings is 1. The number of aromatic nitrogens is 2. The molecule has 0 aliphatic carbocycles. The summed E-state index contributed by atoms with van der Waals surface area (Å²) < 4.78 is 2.92. The van der Waals surface area contributed by atoms with Gasteiger partial charge in [-0.15, -0.1) is 0 Å². The molecule has 1 aromatic heterocycles. The molecule has 3 rings (SSSR count). The molecule has 0 N–H and O–H groups in total. The predicted octanol–water partition coefficient (Wildman–Crippen LogP) is 3.48. The topological polar surface area (TPSA) is 38.1 Å². The Morgan fingerprint density at radius 2 is 2.05 bits per heavy atom. The Morgan fingerprint density at radius 1 is 1.27 bits per heavy atom. The SMILES string of the molecule is Cn1nccc1[C@H]1CCCCN1C(=O)Cc1ccc(Br)cc1. The van der Waals surface area contributed by atoms with Crippen molar-refractivity contribution in [3.63, 3.8) is 0 Å². The van der Waals surface area contributed by atoms with E-state index in [2.05, 4.69) is 21.0 Å². The van der Waals surface area contributed by atoms with Crippen molar-refractivity contribution in [2.24, 2.45) is 7.05 Å². The Kier molecular flexibility index (Phi) is 4.62. The summed E-state index contributed by atoms with van der Waals surface area (Å²) in [7, 11) is 1.95. The Bertz CT molecular complexity index is 650. The number of nitrogens with zero attached hydrogens (tertiary/aromatic N) is 3. The predicted molar refractivity (Wildman–Crippen MR) is 89.4 cm³/mol. The van der Waals surface area contributed by atoms with Crippen molar-refractivity contribution in [1.82, 2.24) is 14.7 Å². The molecule has 1 amide bonds. The quantitative estimate of drug-likeness (QED) is 0.839. The van der Waals surface area contributed by atoms with Gasteiger partial charge in [-0.2, -0.15) is 5.10 Å². The van der Waals surface area contributed by atoms with Crippen LogP contribution in [0, 0.1) is 0 Å². The third-order valence-corrected chi connectivity index (χ3v) is 4.82. The summed E-state index contributed by atoms with van der Waals surface area (Å²) in [5, 5.41) is 4.25. The molecule has 0 radical (unpaired) electrons. The number of hydrogen-bond donors (Lipinski definition) is 0. The van der Waals surface area contributed by atoms with Gasteiger partial charge in [0.25, 0.3) is 0 Å². The molecular weight excluding hydrogens is 342 g/mol. The van der Waals surface area contributed by atoms with Crippen LogP contribution in [0.5, 0.6) is 0 Å². The first-order valence-electron chi connectivity index (χ1n) is 7.67. The summed E-state index contributed by atoms with van der Waals surface area (Å²) in [4.78, 5) is 14.8. The molecule has 1 aliphatic heterocycles. The van der Waals surface area contributed by atoms with Crippen molar-refractivity contribution < 1.29 is 4.79 Å². The highest BCUT2D eigenvalue weighted by molar-refractivity contribution is 9.10. The van der Waals surface area contributed by atoms with Gasteiger partial charge in [-0.25, -0.2) is 0 Å². The van der Waals surface area contributed by atoms with E-state index in [4.69, 9.17) is 0 Å². The smallest absolute Gasteiger partial charge is 0.227 e. The van der Waals surface area contributed by atoms with E-state index in [0.29, 0.717) is 6.42 Å². The average molecular weight is 362 g/mol. The molecule has 0 spiro atoms. The normalized spacial score (nSPS) is 18.5. The first-order valence-corrected chi connectivity index (χ1v) is 8.46. The highest BCUT2D eigenvalue weighted by Crippen LogP contribution is 2.31. The maximum absolute atomic E-state index is 12.8. The zero-order chi connectivity index (χ0) is 15.5. The molecule has 0 saturated carbocycles. The van der Waals surface area contributed by atoms with Crippen molar-refractivity contribution >= 4 is 21.8 Å². The van der Waals surface area contributed by atoms with Crippen LogP contribution in [-0.4, -0.2) is 27.1 Å². The number of rotatable bonds is 3. The van der Waals surface area contributed by atoms with E-state index >= 15 is 0 Å². The van der Waals surface area contributed by atoms with Gasteiger partial charge in [-0.05, 0) is 43.0 Å². The average Bonchev–Trinajstić information content (AvgIpc) is 2.95. The molecule has 5 heteroatoms. The standard InChI is InChI=1S/C17H20BrN3O/c1-20-15(9-10-19-20)16-4-2-3-11-21(16)17(22)12-13-5-7-14(18)8-6-13/h5-10,16H,2-4,11-12H2,1H3/t16-/m1/s1. The number of hydrogen-bond acceptors (Lipinski definition) is 2. The zero-order valence-electron chi connectivity index (χ0n) is 12.7. The molecular formula is C17H20BrN3O. The minimum atomic E-state index is 0.157. The van der Waals surface area contributed by atoms with E-state index in [1.807, 2.05) is 47.0 Å². The van der Waals surface area contributed by atoms with Gasteiger partial charge in [0.2, 0.25) is 5.91 Å². The van der Waals surface area contributed by atoms with Crippen LogP contribution in [0.1, 0.15) is 36.6 Å². The van der Waals surface area contributed by atoms with Crippen molar-refractivity contribution in [2.75, 3.05) is 6.54 Å². The van der Waals surface area contributed by atoms with Gasteiger partial charge in [-0.1, -0.05) is 28.1 Å². The van der Waals surface area contributed by atoms with Crippen molar-refractivity contribution in [3.8, 4) is 0 Å². The van der Waals surface area contributed by atoms with Crippen LogP contribution in [0.2, 0.25) is 0 Å². The number of carbonyl (C=O) groups excluding carboxylic acids is 1. The Balaban J connectivity index is 1.77. The number of halogens is 1. The van der Waals surface area contributed by atoms with E-state index in [-0.39, 0.29) is 11.9 Å². The first kappa shape index (κ1) is 15.3. The zero-order valence-corrected chi connectivity index (χ0v) is 14.3. The first-order chi connectivity index (χ1) is 10.6. The van der Waals surface area contributed by atoms with Crippen LogP contribution in [0.15, 0.2) is 41.0 Å². The molecule has 0 unspecified atom stereocenters. The van der Waals surface area contributed by atoms with E-state index in [0.717, 1.165) is 41.5 Å². The van der Waals surface area contributed by atoms with Crippen LogP contribution < -0.4 is 0 Å². The van der Waals surface area contributed by atoms with Gasteiger partial charge in [0, 0.05) is 24.3 Å². The van der Waals surface area contributed by atoms with Crippen molar-refractivity contribution in [1.29, 1.82) is 0 Å². The van der Waals surface area contributed by atoms with Crippen LogP contribution in [0.25, 0.3) is 0 Å². The molecule has 1 atom stereocenters. The highest BCUT2D eigenvalue weighted by Gasteiger charge is 2.29. The molecule has 116 valence electrons. The molecule has 1 saturated heterocycles. The molecule has 1 fully saturated rings. The number of aryl methyl sites for hydroxylation is 1. The lowest BCUT2D eigenvalue weighted by Gasteiger charge is -2.36. The Morgan fingerprint density at radius 3 is 2.73 bits per heavy atom. The largest absolute Gasteiger partial charge is 0.334 e. The molecule has 4 nitrogen and oxygen atoms in total. The maximum atomic E-state index is 12.8. The Labute approximate surface area is 139 Å². The van der Waals surface area contributed by atoms with Crippen molar-refractivity contribution in [2.45, 2.75) is 31.7 Å². The van der Waals surface area contributed by atoms with Gasteiger partial charge in [0.1, 0.15) is 0 Å². The van der Waals surface area contributed by atoms with Crippen LogP contribution in [-0.2, 0) is 18.3 Å². The van der Waals surface area contributed by atoms with Gasteiger partial charge in [0.15, 0.2) is 0 Å². The number of piperidine rings is 1. The highest BCUT2D eigenvalue weighted by atomic mass is 79.9. The summed E-state index contributed by atoms with van der Waals surface area (Å²) >= 11 is 3.43. The second-order valence-electron chi connectivity index (χ2n) is 5.78. The summed E-state index contributed by atoms with van der Waals surface area (Å²) in [6, 6.07) is 10.2. The van der Waals surface area contributed by atoms with E-state index in [9.17, 15) is 4.79 Å². The maximum Gasteiger partial charge on any atom is 0.227 e. The lowest BCUT2D eigenvalue weighted by Crippen LogP contribution is -2.40. The molecule has 2 aromatic rings. The van der Waals surface area contributed by atoms with Crippen LogP contribution >= 0.6 is 15.9 Å². The number of likely N-dealkylation sites (tertiary alicyclic amines) is 1. The van der Waals surface area contributed by atoms with E-state index in [1.54, 1.807) is 6.20 Å². The van der Waals surface area contributed by atoms with Gasteiger partial charge in [-0.3, -0.25) is 9.48 Å². The minimum Gasteiger partial charge on any atom is -0.334 e. The molecule has 1 aliphatic rings.